The maximum Gasteiger partial charge on any atom is 0.182 e. The number of aromatic nitrogens is 2. The highest BCUT2D eigenvalue weighted by Gasteiger charge is 2.22. The SMILES string of the molecule is CCOc1cccn2c(C(=O)C[C@@H](CO)c3ccc(F)cc3)c(C)nc12.Cl. The quantitative estimate of drug-likeness (QED) is 0.618. The summed E-state index contributed by atoms with van der Waals surface area (Å²) in [6, 6.07) is 9.47. The van der Waals surface area contributed by atoms with Crippen LogP contribution in [0.3, 0.4) is 0 Å². The van der Waals surface area contributed by atoms with E-state index in [1.165, 1.54) is 12.1 Å². The molecule has 1 N–H and O–H groups in total. The van der Waals surface area contributed by atoms with E-state index in [2.05, 4.69) is 4.98 Å². The van der Waals surface area contributed by atoms with Crippen LogP contribution < -0.4 is 4.74 Å². The molecule has 0 saturated heterocycles. The summed E-state index contributed by atoms with van der Waals surface area (Å²) in [7, 11) is 0. The number of rotatable bonds is 7. The average Bonchev–Trinajstić information content (AvgIpc) is 2.97. The molecular formula is C20H22ClFN2O3. The molecule has 0 saturated carbocycles. The minimum Gasteiger partial charge on any atom is -0.490 e. The van der Waals surface area contributed by atoms with Gasteiger partial charge in [-0.25, -0.2) is 9.37 Å². The van der Waals surface area contributed by atoms with Crippen LogP contribution in [0.5, 0.6) is 5.75 Å². The van der Waals surface area contributed by atoms with Gasteiger partial charge in [-0.1, -0.05) is 12.1 Å². The molecule has 0 aliphatic rings. The van der Waals surface area contributed by atoms with Crippen molar-refractivity contribution >= 4 is 23.8 Å². The molecule has 0 unspecified atom stereocenters. The number of benzene rings is 1. The Kier molecular flexibility index (Phi) is 6.93. The topological polar surface area (TPSA) is 63.8 Å². The van der Waals surface area contributed by atoms with Crippen LogP contribution in [-0.4, -0.2) is 33.5 Å². The number of halogens is 2. The first-order chi connectivity index (χ1) is 12.5. The second kappa shape index (κ2) is 8.97. The van der Waals surface area contributed by atoms with Crippen LogP contribution in [0.15, 0.2) is 42.6 Å². The molecule has 0 fully saturated rings. The molecule has 2 aromatic heterocycles. The highest BCUT2D eigenvalue weighted by atomic mass is 35.5. The number of hydrogen-bond donors (Lipinski definition) is 1. The number of ketones is 1. The van der Waals surface area contributed by atoms with E-state index in [9.17, 15) is 14.3 Å². The second-order valence-corrected chi connectivity index (χ2v) is 6.10. The van der Waals surface area contributed by atoms with Crippen molar-refractivity contribution in [2.45, 2.75) is 26.2 Å². The molecule has 0 aliphatic heterocycles. The molecule has 0 aliphatic carbocycles. The fourth-order valence-electron chi connectivity index (χ4n) is 3.10. The highest BCUT2D eigenvalue weighted by Crippen LogP contribution is 2.26. The Labute approximate surface area is 163 Å². The third kappa shape index (κ3) is 4.28. The van der Waals surface area contributed by atoms with E-state index in [-0.39, 0.29) is 37.0 Å². The van der Waals surface area contributed by atoms with Crippen molar-refractivity contribution in [2.24, 2.45) is 0 Å². The summed E-state index contributed by atoms with van der Waals surface area (Å²) in [4.78, 5) is 17.4. The summed E-state index contributed by atoms with van der Waals surface area (Å²) in [6.07, 6.45) is 1.88. The van der Waals surface area contributed by atoms with Gasteiger partial charge in [-0.3, -0.25) is 9.20 Å². The van der Waals surface area contributed by atoms with Crippen molar-refractivity contribution < 1.29 is 19.0 Å². The number of aliphatic hydroxyl groups is 1. The van der Waals surface area contributed by atoms with E-state index in [1.807, 2.05) is 13.0 Å². The molecule has 144 valence electrons. The highest BCUT2D eigenvalue weighted by molar-refractivity contribution is 5.97. The molecule has 0 amide bonds. The largest absolute Gasteiger partial charge is 0.490 e. The van der Waals surface area contributed by atoms with E-state index in [4.69, 9.17) is 4.74 Å². The van der Waals surface area contributed by atoms with Crippen LogP contribution in [0.1, 0.15) is 41.0 Å². The number of pyridine rings is 1. The maximum absolute atomic E-state index is 13.1. The molecule has 1 atom stereocenters. The van der Waals surface area contributed by atoms with Crippen LogP contribution in [0.25, 0.3) is 5.65 Å². The number of aliphatic hydroxyl groups excluding tert-OH is 1. The molecule has 0 bridgehead atoms. The minimum absolute atomic E-state index is 0. The molecule has 7 heteroatoms. The zero-order chi connectivity index (χ0) is 18.7. The monoisotopic (exact) mass is 392 g/mol. The minimum atomic E-state index is -0.400. The lowest BCUT2D eigenvalue weighted by molar-refractivity contribution is 0.0953. The number of ether oxygens (including phenoxy) is 1. The van der Waals surface area contributed by atoms with Gasteiger partial charge in [-0.05, 0) is 43.7 Å². The zero-order valence-electron chi connectivity index (χ0n) is 15.2. The number of aryl methyl sites for hydroxylation is 1. The molecule has 5 nitrogen and oxygen atoms in total. The fraction of sp³-hybridized carbons (Fsp3) is 0.300. The van der Waals surface area contributed by atoms with E-state index in [1.54, 1.807) is 35.7 Å². The van der Waals surface area contributed by atoms with E-state index in [0.29, 0.717) is 29.4 Å². The molecular weight excluding hydrogens is 371 g/mol. The van der Waals surface area contributed by atoms with Gasteiger partial charge in [0.1, 0.15) is 11.5 Å². The summed E-state index contributed by atoms with van der Waals surface area (Å²) in [5, 5.41) is 9.70. The van der Waals surface area contributed by atoms with E-state index in [0.717, 1.165) is 5.56 Å². The van der Waals surface area contributed by atoms with Crippen molar-refractivity contribution in [1.29, 1.82) is 0 Å². The van der Waals surface area contributed by atoms with Crippen molar-refractivity contribution in [3.8, 4) is 5.75 Å². The smallest absolute Gasteiger partial charge is 0.182 e. The average molecular weight is 393 g/mol. The normalized spacial score (nSPS) is 11.9. The van der Waals surface area contributed by atoms with Gasteiger partial charge in [0, 0.05) is 18.5 Å². The maximum atomic E-state index is 13.1. The van der Waals surface area contributed by atoms with Crippen molar-refractivity contribution in [3.05, 3.63) is 65.4 Å². The Balaban J connectivity index is 0.00000261. The lowest BCUT2D eigenvalue weighted by Gasteiger charge is -2.14. The molecule has 1 aromatic carbocycles. The lowest BCUT2D eigenvalue weighted by Crippen LogP contribution is -2.13. The number of carbonyl (C=O) groups excluding carboxylic acids is 1. The Morgan fingerprint density at radius 1 is 1.30 bits per heavy atom. The molecule has 2 heterocycles. The predicted octanol–water partition coefficient (Wildman–Crippen LogP) is 3.95. The zero-order valence-corrected chi connectivity index (χ0v) is 16.0. The van der Waals surface area contributed by atoms with E-state index < -0.39 is 5.92 Å². The predicted molar refractivity (Wildman–Crippen MR) is 104 cm³/mol. The number of imidazole rings is 1. The number of carbonyl (C=O) groups is 1. The van der Waals surface area contributed by atoms with E-state index >= 15 is 0 Å². The number of nitrogens with zero attached hydrogens (tertiary/aromatic N) is 2. The lowest BCUT2D eigenvalue weighted by atomic mass is 9.93. The van der Waals surface area contributed by atoms with Crippen LogP contribution in [0.4, 0.5) is 4.39 Å². The summed E-state index contributed by atoms with van der Waals surface area (Å²) in [5.41, 5.74) is 2.40. The Morgan fingerprint density at radius 2 is 2.00 bits per heavy atom. The van der Waals surface area contributed by atoms with Gasteiger partial charge < -0.3 is 9.84 Å². The Bertz CT molecular complexity index is 925. The van der Waals surface area contributed by atoms with Gasteiger partial charge in [0.05, 0.1) is 18.9 Å². The molecule has 3 rings (SSSR count). The standard InChI is InChI=1S/C20H21FN2O3.ClH/c1-3-26-18-5-4-10-23-19(13(2)22-20(18)23)17(25)11-15(12-24)14-6-8-16(21)9-7-14;/h4-10,15,24H,3,11-12H2,1-2H3;1H/t15-;/m0./s1. The van der Waals surface area contributed by atoms with Gasteiger partial charge in [0.2, 0.25) is 0 Å². The Morgan fingerprint density at radius 3 is 2.63 bits per heavy atom. The Hall–Kier alpha value is -2.44. The van der Waals surface area contributed by atoms with Crippen molar-refractivity contribution in [2.75, 3.05) is 13.2 Å². The third-order valence-corrected chi connectivity index (χ3v) is 4.35. The summed E-state index contributed by atoms with van der Waals surface area (Å²) >= 11 is 0. The number of Topliss-reactive ketones (excluding diaryl/α,β-unsaturated/α-hetero) is 1. The van der Waals surface area contributed by atoms with Gasteiger partial charge in [0.15, 0.2) is 17.2 Å². The fourth-order valence-corrected chi connectivity index (χ4v) is 3.10. The molecule has 0 radical (unpaired) electrons. The van der Waals surface area contributed by atoms with Gasteiger partial charge in [0.25, 0.3) is 0 Å². The number of hydrogen-bond acceptors (Lipinski definition) is 4. The van der Waals surface area contributed by atoms with Gasteiger partial charge in [-0.2, -0.15) is 0 Å². The summed E-state index contributed by atoms with van der Waals surface area (Å²) in [5.74, 6) is -0.262. The first-order valence-corrected chi connectivity index (χ1v) is 8.55. The van der Waals surface area contributed by atoms with Gasteiger partial charge >= 0.3 is 0 Å². The second-order valence-electron chi connectivity index (χ2n) is 6.10. The summed E-state index contributed by atoms with van der Waals surface area (Å²) in [6.45, 7) is 3.98. The van der Waals surface area contributed by atoms with Crippen LogP contribution in [0, 0.1) is 12.7 Å². The molecule has 3 aromatic rings. The van der Waals surface area contributed by atoms with Crippen LogP contribution in [-0.2, 0) is 0 Å². The van der Waals surface area contributed by atoms with Crippen molar-refractivity contribution in [3.63, 3.8) is 0 Å². The molecule has 0 spiro atoms. The third-order valence-electron chi connectivity index (χ3n) is 4.35. The first kappa shape index (κ1) is 20.9. The van der Waals surface area contributed by atoms with Crippen molar-refractivity contribution in [1.82, 2.24) is 9.38 Å². The molecule has 27 heavy (non-hydrogen) atoms. The first-order valence-electron chi connectivity index (χ1n) is 8.55. The van der Waals surface area contributed by atoms with Crippen LogP contribution in [0.2, 0.25) is 0 Å². The van der Waals surface area contributed by atoms with Crippen LogP contribution >= 0.6 is 12.4 Å². The van der Waals surface area contributed by atoms with Gasteiger partial charge in [-0.15, -0.1) is 12.4 Å². The number of fused-ring (bicyclic) bond motifs is 1. The summed E-state index contributed by atoms with van der Waals surface area (Å²) < 4.78 is 20.4.